The molecular weight excluding hydrogens is 569 g/mol. The van der Waals surface area contributed by atoms with Gasteiger partial charge in [-0.3, -0.25) is 0 Å². The maximum absolute atomic E-state index is 13.2. The Bertz CT molecular complexity index is 1070. The Hall–Kier alpha value is -1.56. The number of halogens is 8. The van der Waals surface area contributed by atoms with Crippen LogP contribution in [0.1, 0.15) is 54.4 Å². The van der Waals surface area contributed by atoms with E-state index in [0.29, 0.717) is 51.9 Å². The van der Waals surface area contributed by atoms with Gasteiger partial charge in [0, 0.05) is 26.2 Å². The Morgan fingerprint density at radius 1 is 0.641 bits per heavy atom. The van der Waals surface area contributed by atoms with Crippen LogP contribution in [0.25, 0.3) is 0 Å². The van der Waals surface area contributed by atoms with Crippen LogP contribution >= 0.6 is 23.2 Å². The zero-order valence-corrected chi connectivity index (χ0v) is 22.6. The van der Waals surface area contributed by atoms with E-state index >= 15 is 0 Å². The molecule has 0 spiro atoms. The van der Waals surface area contributed by atoms with E-state index in [0.717, 1.165) is 31.6 Å². The lowest BCUT2D eigenvalue weighted by molar-refractivity contribution is -0.138. The van der Waals surface area contributed by atoms with Crippen LogP contribution in [0, 0.1) is 0 Å². The van der Waals surface area contributed by atoms with Gasteiger partial charge in [-0.2, -0.15) is 26.3 Å². The predicted molar refractivity (Wildman–Crippen MR) is 137 cm³/mol. The van der Waals surface area contributed by atoms with Gasteiger partial charge in [0.15, 0.2) is 0 Å². The number of hydrogen-bond donors (Lipinski definition) is 2. The second-order valence-electron chi connectivity index (χ2n) is 10.5. The smallest absolute Gasteiger partial charge is 0.385 e. The quantitative estimate of drug-likeness (QED) is 0.364. The first-order valence-corrected chi connectivity index (χ1v) is 13.5. The average Bonchev–Trinajstić information content (AvgIpc) is 2.85. The Morgan fingerprint density at radius 3 is 1.28 bits per heavy atom. The molecule has 0 aromatic heterocycles. The number of piperidine rings is 2. The molecule has 0 amide bonds. The van der Waals surface area contributed by atoms with Crippen molar-refractivity contribution in [3.05, 3.63) is 68.7 Å². The number of rotatable bonds is 6. The van der Waals surface area contributed by atoms with E-state index in [1.807, 2.05) is 0 Å². The molecule has 4 rings (SSSR count). The topological polar surface area (TPSA) is 46.9 Å². The van der Waals surface area contributed by atoms with E-state index in [1.54, 1.807) is 0 Å². The van der Waals surface area contributed by atoms with Crippen molar-refractivity contribution in [2.75, 3.05) is 39.3 Å². The second kappa shape index (κ2) is 11.4. The summed E-state index contributed by atoms with van der Waals surface area (Å²) in [5.41, 5.74) is -4.20. The standard InChI is InChI=1S/C27H30Cl2F6N2O2/c28-22-4-2-18(16-20(22)26(30,31)32)24(38)6-12-36(13-7-24)10-1-11-37-14-8-25(39,9-15-37)19-3-5-23(29)21(17-19)27(33,34)35/h2-5,16-17,38-39H,1,6-15H2. The summed E-state index contributed by atoms with van der Waals surface area (Å²) in [5.74, 6) is 0. The van der Waals surface area contributed by atoms with Crippen molar-refractivity contribution in [2.24, 2.45) is 0 Å². The molecule has 2 N–H and O–H groups in total. The second-order valence-corrected chi connectivity index (χ2v) is 11.3. The van der Waals surface area contributed by atoms with Crippen molar-refractivity contribution in [1.29, 1.82) is 0 Å². The molecule has 0 radical (unpaired) electrons. The van der Waals surface area contributed by atoms with Crippen LogP contribution in [0.3, 0.4) is 0 Å². The Balaban J connectivity index is 1.25. The van der Waals surface area contributed by atoms with Gasteiger partial charge in [0.25, 0.3) is 0 Å². The molecule has 0 aliphatic carbocycles. The third kappa shape index (κ3) is 7.02. The molecule has 2 fully saturated rings. The minimum absolute atomic E-state index is 0.211. The maximum atomic E-state index is 13.2. The van der Waals surface area contributed by atoms with Gasteiger partial charge in [0.1, 0.15) is 0 Å². The first-order valence-electron chi connectivity index (χ1n) is 12.7. The zero-order chi connectivity index (χ0) is 28.6. The molecule has 2 aliphatic heterocycles. The SMILES string of the molecule is OC1(c2ccc(Cl)c(C(F)(F)F)c2)CCN(CCCN2CCC(O)(c3ccc(Cl)c(C(F)(F)F)c3)CC2)CC1. The molecule has 2 aromatic carbocycles. The van der Waals surface area contributed by atoms with E-state index < -0.39 is 44.7 Å². The lowest BCUT2D eigenvalue weighted by Crippen LogP contribution is -2.45. The summed E-state index contributed by atoms with van der Waals surface area (Å²) in [6.45, 7) is 3.57. The Morgan fingerprint density at radius 2 is 0.974 bits per heavy atom. The lowest BCUT2D eigenvalue weighted by atomic mass is 9.83. The summed E-state index contributed by atoms with van der Waals surface area (Å²) in [4.78, 5) is 4.31. The highest BCUT2D eigenvalue weighted by molar-refractivity contribution is 6.31. The third-order valence-corrected chi connectivity index (χ3v) is 8.59. The number of benzene rings is 2. The molecule has 0 atom stereocenters. The molecule has 2 saturated heterocycles. The summed E-state index contributed by atoms with van der Waals surface area (Å²) < 4.78 is 79.4. The predicted octanol–water partition coefficient (Wildman–Crippen LogP) is 6.69. The van der Waals surface area contributed by atoms with E-state index in [2.05, 4.69) is 9.80 Å². The van der Waals surface area contributed by atoms with Gasteiger partial charge in [-0.25, -0.2) is 0 Å². The van der Waals surface area contributed by atoms with Gasteiger partial charge in [-0.15, -0.1) is 0 Å². The minimum atomic E-state index is -4.60. The molecule has 216 valence electrons. The highest BCUT2D eigenvalue weighted by Gasteiger charge is 2.40. The van der Waals surface area contributed by atoms with Crippen molar-refractivity contribution in [3.63, 3.8) is 0 Å². The highest BCUT2D eigenvalue weighted by atomic mass is 35.5. The van der Waals surface area contributed by atoms with Crippen LogP contribution in [-0.2, 0) is 23.6 Å². The summed E-state index contributed by atoms with van der Waals surface area (Å²) in [7, 11) is 0. The highest BCUT2D eigenvalue weighted by Crippen LogP contribution is 2.41. The number of hydrogen-bond acceptors (Lipinski definition) is 4. The molecule has 12 heteroatoms. The van der Waals surface area contributed by atoms with Crippen LogP contribution in [0.15, 0.2) is 36.4 Å². The molecule has 4 nitrogen and oxygen atoms in total. The van der Waals surface area contributed by atoms with E-state index in [1.165, 1.54) is 24.3 Å². The number of likely N-dealkylation sites (tertiary alicyclic amines) is 2. The van der Waals surface area contributed by atoms with Gasteiger partial charge in [-0.1, -0.05) is 35.3 Å². The number of aliphatic hydroxyl groups is 2. The lowest BCUT2D eigenvalue weighted by Gasteiger charge is -2.40. The van der Waals surface area contributed by atoms with E-state index in [4.69, 9.17) is 23.2 Å². The molecule has 0 saturated carbocycles. The van der Waals surface area contributed by atoms with Gasteiger partial charge in [0.05, 0.1) is 32.4 Å². The van der Waals surface area contributed by atoms with Crippen LogP contribution < -0.4 is 0 Å². The first-order chi connectivity index (χ1) is 18.1. The molecular formula is C27H30Cl2F6N2O2. The molecule has 2 aromatic rings. The van der Waals surface area contributed by atoms with E-state index in [9.17, 15) is 36.6 Å². The fraction of sp³-hybridized carbons (Fsp3) is 0.556. The fourth-order valence-corrected chi connectivity index (χ4v) is 5.90. The number of nitrogens with zero attached hydrogens (tertiary/aromatic N) is 2. The summed E-state index contributed by atoms with van der Waals surface area (Å²) >= 11 is 11.4. The third-order valence-electron chi connectivity index (χ3n) is 7.93. The Labute approximate surface area is 233 Å². The van der Waals surface area contributed by atoms with Gasteiger partial charge in [-0.05, 0) is 80.6 Å². The van der Waals surface area contributed by atoms with E-state index in [-0.39, 0.29) is 11.1 Å². The number of alkyl halides is 6. The molecule has 0 unspecified atom stereocenters. The molecule has 2 heterocycles. The summed E-state index contributed by atoms with van der Waals surface area (Å²) in [5, 5.41) is 21.3. The van der Waals surface area contributed by atoms with Crippen molar-refractivity contribution < 1.29 is 36.6 Å². The summed E-state index contributed by atoms with van der Waals surface area (Å²) in [6, 6.07) is 7.10. The summed E-state index contributed by atoms with van der Waals surface area (Å²) in [6.07, 6.45) is -7.22. The van der Waals surface area contributed by atoms with Crippen LogP contribution in [0.4, 0.5) is 26.3 Å². The fourth-order valence-electron chi connectivity index (χ4n) is 5.45. The van der Waals surface area contributed by atoms with Crippen LogP contribution in [-0.4, -0.2) is 59.3 Å². The monoisotopic (exact) mass is 598 g/mol. The molecule has 0 bridgehead atoms. The van der Waals surface area contributed by atoms with Gasteiger partial charge >= 0.3 is 12.4 Å². The van der Waals surface area contributed by atoms with Gasteiger partial charge in [0.2, 0.25) is 0 Å². The van der Waals surface area contributed by atoms with Gasteiger partial charge < -0.3 is 20.0 Å². The van der Waals surface area contributed by atoms with Crippen molar-refractivity contribution in [2.45, 2.75) is 55.7 Å². The maximum Gasteiger partial charge on any atom is 0.417 e. The van der Waals surface area contributed by atoms with Crippen LogP contribution in [0.5, 0.6) is 0 Å². The van der Waals surface area contributed by atoms with Crippen molar-refractivity contribution in [1.82, 2.24) is 9.80 Å². The van der Waals surface area contributed by atoms with Crippen LogP contribution in [0.2, 0.25) is 10.0 Å². The Kier molecular flexibility index (Phi) is 8.86. The van der Waals surface area contributed by atoms with Crippen molar-refractivity contribution in [3.8, 4) is 0 Å². The molecule has 39 heavy (non-hydrogen) atoms. The molecule has 2 aliphatic rings. The first kappa shape index (κ1) is 30.4. The minimum Gasteiger partial charge on any atom is -0.385 e. The zero-order valence-electron chi connectivity index (χ0n) is 21.1. The normalized spacial score (nSPS) is 20.8. The van der Waals surface area contributed by atoms with Crippen molar-refractivity contribution >= 4 is 23.2 Å². The average molecular weight is 599 g/mol. The largest absolute Gasteiger partial charge is 0.417 e.